The van der Waals surface area contributed by atoms with Crippen LogP contribution in [-0.2, 0) is 39.0 Å². The molecule has 0 spiro atoms. The predicted octanol–water partition coefficient (Wildman–Crippen LogP) is 1.10. The molecule has 1 aromatic rings. The van der Waals surface area contributed by atoms with Crippen molar-refractivity contribution >= 4 is 26.7 Å². The first-order valence-corrected chi connectivity index (χ1v) is 9.28. The van der Waals surface area contributed by atoms with E-state index in [2.05, 4.69) is 0 Å². The lowest BCUT2D eigenvalue weighted by molar-refractivity contribution is -0.148. The number of fused-ring (bicyclic) bond motifs is 1. The van der Waals surface area contributed by atoms with Crippen molar-refractivity contribution < 1.29 is 41.9 Å². The van der Waals surface area contributed by atoms with Crippen molar-refractivity contribution in [1.82, 2.24) is 0 Å². The highest BCUT2D eigenvalue weighted by Gasteiger charge is 2.53. The van der Waals surface area contributed by atoms with E-state index in [-0.39, 0.29) is 6.79 Å². The number of rotatable bonds is 6. The Morgan fingerprint density at radius 1 is 1.04 bits per heavy atom. The summed E-state index contributed by atoms with van der Waals surface area (Å²) in [6.45, 7) is 3.87. The number of benzene rings is 1. The molecule has 1 aliphatic rings. The number of ether oxygens (including phenoxy) is 3. The number of carbonyl (C=O) groups is 3. The van der Waals surface area contributed by atoms with Crippen molar-refractivity contribution in [2.75, 3.05) is 13.0 Å². The summed E-state index contributed by atoms with van der Waals surface area (Å²) >= 11 is 0. The third-order valence-corrected chi connectivity index (χ3v) is 5.19. The van der Waals surface area contributed by atoms with E-state index in [4.69, 9.17) is 27.5 Å². The Balaban J connectivity index is 2.18. The van der Waals surface area contributed by atoms with Crippen LogP contribution in [0.1, 0.15) is 26.3 Å². The molecule has 1 heterocycles. The Morgan fingerprint density at radius 2 is 1.64 bits per heavy atom. The molecule has 0 saturated heterocycles. The molecule has 0 N–H and O–H groups in total. The zero-order chi connectivity index (χ0) is 18.4. The van der Waals surface area contributed by atoms with Gasteiger partial charge in [0, 0.05) is 26.3 Å². The van der Waals surface area contributed by atoms with Gasteiger partial charge in [-0.25, -0.2) is 0 Å². The van der Waals surface area contributed by atoms with Gasteiger partial charge in [0.05, 0.1) is 6.61 Å². The Kier molecular flexibility index (Phi) is 5.99. The van der Waals surface area contributed by atoms with E-state index in [0.717, 1.165) is 26.3 Å². The minimum absolute atomic E-state index is 0.175. The minimum atomic E-state index is -4.04. The Morgan fingerprint density at radius 3 is 2.20 bits per heavy atom. The third kappa shape index (κ3) is 5.47. The van der Waals surface area contributed by atoms with E-state index in [1.165, 1.54) is 0 Å². The van der Waals surface area contributed by atoms with Gasteiger partial charge >= 0.3 is 8.80 Å². The average molecular weight is 370 g/mol. The van der Waals surface area contributed by atoms with E-state index in [9.17, 15) is 14.4 Å². The molecule has 1 aromatic carbocycles. The second kappa shape index (κ2) is 7.99. The molecule has 0 fully saturated rings. The highest BCUT2D eigenvalue weighted by molar-refractivity contribution is 6.65. The largest absolute Gasteiger partial charge is 0.745 e. The predicted molar refractivity (Wildman–Crippen MR) is 83.3 cm³/mol. The molecule has 0 bridgehead atoms. The normalized spacial score (nSPS) is 13.1. The standard InChI is InChI=1S/C15H18O9Si/c1-10(16)22-25(23-11(2)17,24-12(3)18)9-21-14-4-5-15-13(6-14)7-19-8-20-15/h4-6H,7-9H2,1-3H3. The highest BCUT2D eigenvalue weighted by Crippen LogP contribution is 2.28. The highest BCUT2D eigenvalue weighted by atomic mass is 28.4. The minimum Gasteiger partial charge on any atom is -0.485 e. The van der Waals surface area contributed by atoms with Crippen molar-refractivity contribution in [3.8, 4) is 11.5 Å². The SMILES string of the molecule is CC(=O)O[Si](COc1ccc2c(c1)COCO2)(OC(C)=O)OC(C)=O. The second-order valence-electron chi connectivity index (χ2n) is 5.13. The summed E-state index contributed by atoms with van der Waals surface area (Å²) in [5, 5.41) is 0. The molecule has 0 aromatic heterocycles. The smallest absolute Gasteiger partial charge is 0.485 e. The van der Waals surface area contributed by atoms with E-state index < -0.39 is 32.9 Å². The first-order chi connectivity index (χ1) is 11.8. The number of carbonyl (C=O) groups excluding carboxylic acids is 3. The maximum absolute atomic E-state index is 11.4. The van der Waals surface area contributed by atoms with Gasteiger partial charge in [-0.15, -0.1) is 0 Å². The molecule has 136 valence electrons. The number of hydrogen-bond donors (Lipinski definition) is 0. The first kappa shape index (κ1) is 18.7. The van der Waals surface area contributed by atoms with Crippen LogP contribution in [0.25, 0.3) is 0 Å². The zero-order valence-electron chi connectivity index (χ0n) is 14.0. The van der Waals surface area contributed by atoms with Crippen molar-refractivity contribution in [2.24, 2.45) is 0 Å². The Bertz CT molecular complexity index is 632. The maximum atomic E-state index is 11.4. The topological polar surface area (TPSA) is 107 Å². The molecule has 0 unspecified atom stereocenters. The van der Waals surface area contributed by atoms with E-state index in [1.807, 2.05) is 0 Å². The molecule has 0 saturated carbocycles. The third-order valence-electron chi connectivity index (χ3n) is 2.90. The zero-order valence-corrected chi connectivity index (χ0v) is 15.0. The first-order valence-electron chi connectivity index (χ1n) is 7.35. The van der Waals surface area contributed by atoms with E-state index in [0.29, 0.717) is 18.1 Å². The van der Waals surface area contributed by atoms with Gasteiger partial charge in [-0.1, -0.05) is 0 Å². The molecule has 0 amide bonds. The summed E-state index contributed by atoms with van der Waals surface area (Å²) in [4.78, 5) is 34.1. The Labute approximate surface area is 145 Å². The van der Waals surface area contributed by atoms with Gasteiger partial charge in [0.15, 0.2) is 13.0 Å². The van der Waals surface area contributed by atoms with Crippen LogP contribution in [0.4, 0.5) is 0 Å². The van der Waals surface area contributed by atoms with Crippen LogP contribution in [0.3, 0.4) is 0 Å². The van der Waals surface area contributed by atoms with Gasteiger partial charge in [-0.3, -0.25) is 14.4 Å². The fourth-order valence-corrected chi connectivity index (χ4v) is 4.09. The van der Waals surface area contributed by atoms with Crippen LogP contribution in [0.15, 0.2) is 18.2 Å². The van der Waals surface area contributed by atoms with Gasteiger partial charge in [-0.05, 0) is 18.2 Å². The van der Waals surface area contributed by atoms with Crippen molar-refractivity contribution in [1.29, 1.82) is 0 Å². The van der Waals surface area contributed by atoms with E-state index in [1.54, 1.807) is 18.2 Å². The fraction of sp³-hybridized carbons (Fsp3) is 0.400. The summed E-state index contributed by atoms with van der Waals surface area (Å²) < 4.78 is 31.1. The maximum Gasteiger partial charge on any atom is 0.745 e. The lowest BCUT2D eigenvalue weighted by Gasteiger charge is -2.26. The summed E-state index contributed by atoms with van der Waals surface area (Å²) in [6.07, 6.45) is -0.410. The van der Waals surface area contributed by atoms with Crippen molar-refractivity contribution in [2.45, 2.75) is 27.4 Å². The lowest BCUT2D eigenvalue weighted by atomic mass is 10.2. The molecule has 1 aliphatic heterocycles. The summed E-state index contributed by atoms with van der Waals surface area (Å²) in [5.74, 6) is -1.22. The van der Waals surface area contributed by atoms with Crippen molar-refractivity contribution in [3.63, 3.8) is 0 Å². The van der Waals surface area contributed by atoms with E-state index >= 15 is 0 Å². The monoisotopic (exact) mass is 370 g/mol. The van der Waals surface area contributed by atoms with Crippen LogP contribution in [-0.4, -0.2) is 39.7 Å². The van der Waals surface area contributed by atoms with Crippen molar-refractivity contribution in [3.05, 3.63) is 23.8 Å². The quantitative estimate of drug-likeness (QED) is 0.680. The molecule has 25 heavy (non-hydrogen) atoms. The van der Waals surface area contributed by atoms with Gasteiger partial charge in [0.2, 0.25) is 0 Å². The molecule has 0 radical (unpaired) electrons. The lowest BCUT2D eigenvalue weighted by Crippen LogP contribution is -2.54. The van der Waals surface area contributed by atoms with Gasteiger partial charge in [0.25, 0.3) is 17.9 Å². The molecule has 2 rings (SSSR count). The summed E-state index contributed by atoms with van der Waals surface area (Å²) in [7, 11) is -4.04. The van der Waals surface area contributed by atoms with Crippen LogP contribution < -0.4 is 9.47 Å². The average Bonchev–Trinajstić information content (AvgIpc) is 2.50. The molecule has 0 aliphatic carbocycles. The summed E-state index contributed by atoms with van der Waals surface area (Å²) in [5.41, 5.74) is 0.767. The fourth-order valence-electron chi connectivity index (χ4n) is 2.14. The summed E-state index contributed by atoms with van der Waals surface area (Å²) in [6, 6.07) is 4.99. The van der Waals surface area contributed by atoms with Gasteiger partial charge < -0.3 is 27.5 Å². The molecular weight excluding hydrogens is 352 g/mol. The van der Waals surface area contributed by atoms with Crippen LogP contribution >= 0.6 is 0 Å². The van der Waals surface area contributed by atoms with Crippen LogP contribution in [0.2, 0.25) is 0 Å². The van der Waals surface area contributed by atoms with Crippen LogP contribution in [0, 0.1) is 0 Å². The molecular formula is C15H18O9Si. The molecule has 10 heteroatoms. The van der Waals surface area contributed by atoms with Gasteiger partial charge in [-0.2, -0.15) is 0 Å². The van der Waals surface area contributed by atoms with Crippen LogP contribution in [0.5, 0.6) is 11.5 Å². The molecule has 0 atom stereocenters. The second-order valence-corrected chi connectivity index (χ2v) is 7.40. The Hall–Kier alpha value is -2.59. The number of hydrogen-bond acceptors (Lipinski definition) is 9. The molecule has 9 nitrogen and oxygen atoms in total. The van der Waals surface area contributed by atoms with Gasteiger partial charge in [0.1, 0.15) is 11.5 Å².